The van der Waals surface area contributed by atoms with Crippen LogP contribution in [0.5, 0.6) is 5.75 Å². The first-order valence-electron chi connectivity index (χ1n) is 9.91. The second kappa shape index (κ2) is 8.05. The number of rotatable bonds is 6. The van der Waals surface area contributed by atoms with Crippen molar-refractivity contribution in [3.8, 4) is 5.75 Å². The van der Waals surface area contributed by atoms with Gasteiger partial charge < -0.3 is 9.64 Å². The van der Waals surface area contributed by atoms with Gasteiger partial charge in [-0.25, -0.2) is 4.98 Å². The van der Waals surface area contributed by atoms with Gasteiger partial charge in [0.05, 0.1) is 18.5 Å². The first-order chi connectivity index (χ1) is 13.5. The van der Waals surface area contributed by atoms with Crippen LogP contribution in [0.25, 0.3) is 10.2 Å². The van der Waals surface area contributed by atoms with E-state index in [4.69, 9.17) is 9.72 Å². The molecule has 0 bridgehead atoms. The fourth-order valence-electron chi connectivity index (χ4n) is 3.87. The third kappa shape index (κ3) is 3.84. The van der Waals surface area contributed by atoms with Crippen LogP contribution in [-0.4, -0.2) is 35.2 Å². The summed E-state index contributed by atoms with van der Waals surface area (Å²) >= 11 is 1.71. The maximum Gasteiger partial charge on any atom is 0.262 e. The van der Waals surface area contributed by atoms with Crippen LogP contribution in [0, 0.1) is 6.92 Å². The van der Waals surface area contributed by atoms with Gasteiger partial charge in [0, 0.05) is 4.88 Å². The normalized spacial score (nSPS) is 13.9. The van der Waals surface area contributed by atoms with Gasteiger partial charge in [-0.2, -0.15) is 0 Å². The lowest BCUT2D eigenvalue weighted by molar-refractivity contribution is 0.287. The third-order valence-electron chi connectivity index (χ3n) is 5.18. The number of hydrogen-bond donors (Lipinski definition) is 0. The lowest BCUT2D eigenvalue weighted by Gasteiger charge is -2.17. The molecule has 28 heavy (non-hydrogen) atoms. The number of hydrogen-bond acceptors (Lipinski definition) is 5. The smallest absolute Gasteiger partial charge is 0.262 e. The van der Waals surface area contributed by atoms with Gasteiger partial charge in [0.25, 0.3) is 5.56 Å². The van der Waals surface area contributed by atoms with Gasteiger partial charge in [-0.1, -0.05) is 12.1 Å². The Labute approximate surface area is 169 Å². The molecule has 4 rings (SSSR count). The predicted octanol–water partition coefficient (Wildman–Crippen LogP) is 3.79. The lowest BCUT2D eigenvalue weighted by Crippen LogP contribution is -2.30. The van der Waals surface area contributed by atoms with E-state index in [0.29, 0.717) is 19.7 Å². The molecule has 0 aliphatic heterocycles. The van der Waals surface area contributed by atoms with Gasteiger partial charge in [0.15, 0.2) is 0 Å². The van der Waals surface area contributed by atoms with Crippen molar-refractivity contribution in [2.24, 2.45) is 0 Å². The summed E-state index contributed by atoms with van der Waals surface area (Å²) in [5, 5.41) is 0.845. The summed E-state index contributed by atoms with van der Waals surface area (Å²) in [5.74, 6) is 1.65. The Bertz CT molecular complexity index is 1050. The molecule has 0 saturated heterocycles. The van der Waals surface area contributed by atoms with E-state index >= 15 is 0 Å². The highest BCUT2D eigenvalue weighted by atomic mass is 32.1. The zero-order valence-electron chi connectivity index (χ0n) is 16.8. The summed E-state index contributed by atoms with van der Waals surface area (Å²) in [6.45, 7) is 3.63. The van der Waals surface area contributed by atoms with Gasteiger partial charge in [-0.15, -0.1) is 11.3 Å². The lowest BCUT2D eigenvalue weighted by atomic mass is 9.97. The highest BCUT2D eigenvalue weighted by Crippen LogP contribution is 2.33. The third-order valence-corrected chi connectivity index (χ3v) is 6.37. The van der Waals surface area contributed by atoms with Crippen LogP contribution in [-0.2, 0) is 25.9 Å². The van der Waals surface area contributed by atoms with E-state index in [0.717, 1.165) is 46.6 Å². The fourth-order valence-corrected chi connectivity index (χ4v) is 5.15. The topological polar surface area (TPSA) is 47.4 Å². The van der Waals surface area contributed by atoms with Gasteiger partial charge >= 0.3 is 0 Å². The average molecular weight is 398 g/mol. The number of nitrogens with zero attached hydrogens (tertiary/aromatic N) is 3. The Morgan fingerprint density at radius 1 is 1.25 bits per heavy atom. The van der Waals surface area contributed by atoms with Crippen LogP contribution in [0.15, 0.2) is 29.1 Å². The van der Waals surface area contributed by atoms with Crippen LogP contribution in [0.2, 0.25) is 0 Å². The maximum absolute atomic E-state index is 13.4. The zero-order chi connectivity index (χ0) is 19.7. The van der Waals surface area contributed by atoms with Crippen LogP contribution < -0.4 is 10.3 Å². The standard InChI is InChI=1S/C22H27N3O2S/c1-15-7-6-8-16(13-15)27-12-11-25-19(14-24(2)3)23-21-20(22(25)26)17-9-4-5-10-18(17)28-21/h6-8,13H,4-5,9-12,14H2,1-3H3. The molecule has 3 aromatic rings. The molecule has 1 aromatic carbocycles. The minimum Gasteiger partial charge on any atom is -0.492 e. The molecule has 0 spiro atoms. The molecule has 5 nitrogen and oxygen atoms in total. The number of thiophene rings is 1. The number of ether oxygens (including phenoxy) is 1. The van der Waals surface area contributed by atoms with Crippen molar-refractivity contribution in [1.29, 1.82) is 0 Å². The Morgan fingerprint density at radius 2 is 2.07 bits per heavy atom. The molecule has 0 amide bonds. The van der Waals surface area contributed by atoms with E-state index in [1.807, 2.05) is 49.9 Å². The summed E-state index contributed by atoms with van der Waals surface area (Å²) in [7, 11) is 4.01. The van der Waals surface area contributed by atoms with Crippen molar-refractivity contribution in [1.82, 2.24) is 14.5 Å². The average Bonchev–Trinajstić information content (AvgIpc) is 3.02. The van der Waals surface area contributed by atoms with Gasteiger partial charge in [-0.05, 0) is 70.0 Å². The largest absolute Gasteiger partial charge is 0.492 e. The molecule has 0 fully saturated rings. The molecule has 0 radical (unpaired) electrons. The van der Waals surface area contributed by atoms with E-state index in [9.17, 15) is 4.79 Å². The predicted molar refractivity (Wildman–Crippen MR) is 115 cm³/mol. The molecule has 6 heteroatoms. The SMILES string of the molecule is Cc1cccc(OCCn2c(CN(C)C)nc3sc4c(c3c2=O)CCCC4)c1. The van der Waals surface area contributed by atoms with E-state index in [1.165, 1.54) is 16.9 Å². The fraction of sp³-hybridized carbons (Fsp3) is 0.455. The molecule has 2 heterocycles. The van der Waals surface area contributed by atoms with Crippen molar-refractivity contribution < 1.29 is 4.74 Å². The van der Waals surface area contributed by atoms with Crippen molar-refractivity contribution >= 4 is 21.6 Å². The molecule has 148 valence electrons. The highest BCUT2D eigenvalue weighted by molar-refractivity contribution is 7.18. The van der Waals surface area contributed by atoms with Crippen LogP contribution >= 0.6 is 11.3 Å². The summed E-state index contributed by atoms with van der Waals surface area (Å²) < 4.78 is 7.73. The van der Waals surface area contributed by atoms with Crippen molar-refractivity contribution in [2.45, 2.75) is 45.7 Å². The quantitative estimate of drug-likeness (QED) is 0.635. The zero-order valence-corrected chi connectivity index (χ0v) is 17.6. The van der Waals surface area contributed by atoms with E-state index in [-0.39, 0.29) is 5.56 Å². The second-order valence-electron chi connectivity index (χ2n) is 7.78. The van der Waals surface area contributed by atoms with Crippen molar-refractivity contribution in [2.75, 3.05) is 20.7 Å². The van der Waals surface area contributed by atoms with Gasteiger partial charge in [0.2, 0.25) is 0 Å². The number of fused-ring (bicyclic) bond motifs is 3. The van der Waals surface area contributed by atoms with Gasteiger partial charge in [-0.3, -0.25) is 9.36 Å². The Balaban J connectivity index is 1.68. The summed E-state index contributed by atoms with van der Waals surface area (Å²) in [5.41, 5.74) is 2.50. The van der Waals surface area contributed by atoms with Crippen molar-refractivity contribution in [3.63, 3.8) is 0 Å². The molecule has 1 aliphatic carbocycles. The molecule has 0 unspecified atom stereocenters. The molecule has 2 aromatic heterocycles. The molecule has 0 saturated carbocycles. The Hall–Kier alpha value is -2.18. The van der Waals surface area contributed by atoms with E-state index in [1.54, 1.807) is 11.3 Å². The summed E-state index contributed by atoms with van der Waals surface area (Å²) in [6.07, 6.45) is 4.45. The molecule has 0 atom stereocenters. The molecule has 1 aliphatic rings. The Kier molecular flexibility index (Phi) is 5.51. The molecule has 0 N–H and O–H groups in total. The summed E-state index contributed by atoms with van der Waals surface area (Å²) in [6, 6.07) is 8.00. The molecular weight excluding hydrogens is 370 g/mol. The number of aromatic nitrogens is 2. The highest BCUT2D eigenvalue weighted by Gasteiger charge is 2.22. The number of aryl methyl sites for hydroxylation is 3. The monoisotopic (exact) mass is 397 g/mol. The Morgan fingerprint density at radius 3 is 2.86 bits per heavy atom. The minimum absolute atomic E-state index is 0.0918. The van der Waals surface area contributed by atoms with Crippen LogP contribution in [0.4, 0.5) is 0 Å². The van der Waals surface area contributed by atoms with Crippen LogP contribution in [0.3, 0.4) is 0 Å². The minimum atomic E-state index is 0.0918. The van der Waals surface area contributed by atoms with Crippen LogP contribution in [0.1, 0.15) is 34.7 Å². The molecular formula is C22H27N3O2S. The number of benzene rings is 1. The van der Waals surface area contributed by atoms with Crippen molar-refractivity contribution in [3.05, 3.63) is 56.4 Å². The maximum atomic E-state index is 13.4. The van der Waals surface area contributed by atoms with Gasteiger partial charge in [0.1, 0.15) is 23.0 Å². The van der Waals surface area contributed by atoms with E-state index in [2.05, 4.69) is 4.90 Å². The first-order valence-corrected chi connectivity index (χ1v) is 10.7. The van der Waals surface area contributed by atoms with E-state index < -0.39 is 0 Å². The summed E-state index contributed by atoms with van der Waals surface area (Å²) in [4.78, 5) is 22.6. The first kappa shape index (κ1) is 19.2. The second-order valence-corrected chi connectivity index (χ2v) is 8.86.